The van der Waals surface area contributed by atoms with Gasteiger partial charge in [-0.2, -0.15) is 0 Å². The largest absolute Gasteiger partial charge is 0.408 e. The summed E-state index contributed by atoms with van der Waals surface area (Å²) in [5.74, 6) is -5.13. The minimum atomic E-state index is -2.92. The highest BCUT2D eigenvalue weighted by atomic mass is 19.3. The van der Waals surface area contributed by atoms with Gasteiger partial charge < -0.3 is 14.6 Å². The first-order valence-electron chi connectivity index (χ1n) is 10.2. The van der Waals surface area contributed by atoms with Crippen molar-refractivity contribution in [2.24, 2.45) is 5.41 Å². The highest BCUT2D eigenvalue weighted by molar-refractivity contribution is 5.83. The minimum absolute atomic E-state index is 0.00559. The van der Waals surface area contributed by atoms with Crippen LogP contribution in [0.15, 0.2) is 34.7 Å². The van der Waals surface area contributed by atoms with Gasteiger partial charge in [-0.1, -0.05) is 35.4 Å². The van der Waals surface area contributed by atoms with Gasteiger partial charge in [-0.25, -0.2) is 8.78 Å². The number of rotatable bonds is 5. The Morgan fingerprint density at radius 1 is 1.14 bits per heavy atom. The molecular weight excluding hydrogens is 378 g/mol. The summed E-state index contributed by atoms with van der Waals surface area (Å²) in [6, 6.07) is 8.07. The van der Waals surface area contributed by atoms with Crippen LogP contribution in [0.25, 0.3) is 0 Å². The van der Waals surface area contributed by atoms with Gasteiger partial charge in [0.15, 0.2) is 0 Å². The van der Waals surface area contributed by atoms with E-state index in [1.54, 1.807) is 37.3 Å². The van der Waals surface area contributed by atoms with E-state index < -0.39 is 23.8 Å². The summed E-state index contributed by atoms with van der Waals surface area (Å²) in [6.45, 7) is 3.27. The first kappa shape index (κ1) is 18.5. The monoisotopic (exact) mass is 402 g/mol. The van der Waals surface area contributed by atoms with Crippen molar-refractivity contribution in [1.29, 1.82) is 0 Å². The van der Waals surface area contributed by atoms with Gasteiger partial charge in [0, 0.05) is 13.1 Å². The molecule has 1 aliphatic heterocycles. The molecule has 1 N–H and O–H groups in total. The number of alkyl halides is 2. The second-order valence-electron chi connectivity index (χ2n) is 8.68. The van der Waals surface area contributed by atoms with Crippen molar-refractivity contribution in [3.05, 3.63) is 41.8 Å². The van der Waals surface area contributed by atoms with E-state index in [2.05, 4.69) is 15.5 Å². The van der Waals surface area contributed by atoms with Gasteiger partial charge in [0.1, 0.15) is 12.0 Å². The maximum absolute atomic E-state index is 14.3. The number of likely N-dealkylation sites (tertiary alicyclic amines) is 1. The molecule has 154 valence electrons. The fourth-order valence-corrected chi connectivity index (χ4v) is 4.53. The molecule has 2 aliphatic carbocycles. The van der Waals surface area contributed by atoms with Crippen molar-refractivity contribution in [3.63, 3.8) is 0 Å². The topological polar surface area (TPSA) is 71.3 Å². The number of anilines is 1. The Kier molecular flexibility index (Phi) is 4.15. The molecule has 2 saturated carbocycles. The lowest BCUT2D eigenvalue weighted by Crippen LogP contribution is -2.45. The fourth-order valence-electron chi connectivity index (χ4n) is 4.53. The van der Waals surface area contributed by atoms with Crippen LogP contribution in [0.1, 0.15) is 55.9 Å². The molecule has 0 bridgehead atoms. The zero-order valence-electron chi connectivity index (χ0n) is 16.3. The van der Waals surface area contributed by atoms with Gasteiger partial charge >= 0.3 is 6.01 Å². The van der Waals surface area contributed by atoms with E-state index in [0.29, 0.717) is 11.0 Å². The molecule has 0 radical (unpaired) electrons. The van der Waals surface area contributed by atoms with Gasteiger partial charge in [-0.3, -0.25) is 4.79 Å². The van der Waals surface area contributed by atoms with Crippen LogP contribution < -0.4 is 5.32 Å². The molecule has 1 aromatic heterocycles. The first-order valence-corrected chi connectivity index (χ1v) is 10.2. The average molecular weight is 402 g/mol. The van der Waals surface area contributed by atoms with Crippen LogP contribution in [0.3, 0.4) is 0 Å². The van der Waals surface area contributed by atoms with Crippen LogP contribution in [-0.4, -0.2) is 46.1 Å². The fraction of sp³-hybridized carbons (Fsp3) is 0.571. The Morgan fingerprint density at radius 2 is 1.83 bits per heavy atom. The average Bonchev–Trinajstić information content (AvgIpc) is 3.53. The molecule has 29 heavy (non-hydrogen) atoms. The molecule has 2 aromatic rings. The summed E-state index contributed by atoms with van der Waals surface area (Å²) in [5.41, 5.74) is 1.05. The SMILES string of the molecule is C[C@H](Nc1nnc([C@@H]2[C@H](c3ccccc3)C2(F)F)o1)C(=O)N1CCC2(CC1)CC2. The molecule has 6 nitrogen and oxygen atoms in total. The maximum atomic E-state index is 14.3. The Labute approximate surface area is 167 Å². The molecular formula is C21H24F2N4O2. The number of hydrogen-bond acceptors (Lipinski definition) is 5. The van der Waals surface area contributed by atoms with Crippen LogP contribution in [0.2, 0.25) is 0 Å². The third-order valence-electron chi connectivity index (χ3n) is 6.72. The van der Waals surface area contributed by atoms with Crippen molar-refractivity contribution in [2.45, 2.75) is 56.4 Å². The van der Waals surface area contributed by atoms with E-state index in [9.17, 15) is 13.6 Å². The van der Waals surface area contributed by atoms with Gasteiger partial charge in [0.05, 0.1) is 5.92 Å². The second kappa shape index (κ2) is 6.50. The van der Waals surface area contributed by atoms with E-state index in [4.69, 9.17) is 4.42 Å². The Morgan fingerprint density at radius 3 is 2.48 bits per heavy atom. The Hall–Kier alpha value is -2.51. The van der Waals surface area contributed by atoms with E-state index in [1.807, 2.05) is 4.90 Å². The summed E-state index contributed by atoms with van der Waals surface area (Å²) < 4.78 is 34.1. The minimum Gasteiger partial charge on any atom is -0.408 e. The van der Waals surface area contributed by atoms with Gasteiger partial charge in [-0.15, -0.1) is 5.10 Å². The van der Waals surface area contributed by atoms with Crippen LogP contribution in [0, 0.1) is 5.41 Å². The molecule has 5 rings (SSSR count). The van der Waals surface area contributed by atoms with Crippen LogP contribution in [0.5, 0.6) is 0 Å². The number of nitrogens with zero attached hydrogens (tertiary/aromatic N) is 3. The lowest BCUT2D eigenvalue weighted by Gasteiger charge is -2.33. The molecule has 1 spiro atoms. The molecule has 3 aliphatic rings. The quantitative estimate of drug-likeness (QED) is 0.824. The molecule has 0 unspecified atom stereocenters. The molecule has 3 atom stereocenters. The van der Waals surface area contributed by atoms with Crippen LogP contribution in [-0.2, 0) is 4.79 Å². The van der Waals surface area contributed by atoms with Crippen molar-refractivity contribution in [3.8, 4) is 0 Å². The van der Waals surface area contributed by atoms with Crippen LogP contribution >= 0.6 is 0 Å². The lowest BCUT2D eigenvalue weighted by atomic mass is 9.93. The number of nitrogens with one attached hydrogen (secondary N) is 1. The first-order chi connectivity index (χ1) is 13.9. The summed E-state index contributed by atoms with van der Waals surface area (Å²) in [6.07, 6.45) is 4.69. The van der Waals surface area contributed by atoms with Crippen LogP contribution in [0.4, 0.5) is 14.8 Å². The molecule has 8 heteroatoms. The predicted octanol–water partition coefficient (Wildman–Crippen LogP) is 3.79. The van der Waals surface area contributed by atoms with Gasteiger partial charge in [0.2, 0.25) is 11.8 Å². The number of aromatic nitrogens is 2. The summed E-state index contributed by atoms with van der Waals surface area (Å²) >= 11 is 0. The number of benzene rings is 1. The van der Waals surface area contributed by atoms with Crippen molar-refractivity contribution in [1.82, 2.24) is 15.1 Å². The molecule has 2 heterocycles. The second-order valence-corrected chi connectivity index (χ2v) is 8.68. The number of carbonyl (C=O) groups excluding carboxylic acids is 1. The van der Waals surface area contributed by atoms with Gasteiger partial charge in [-0.05, 0) is 43.6 Å². The summed E-state index contributed by atoms with van der Waals surface area (Å²) in [5, 5.41) is 10.5. The molecule has 1 aromatic carbocycles. The highest BCUT2D eigenvalue weighted by Crippen LogP contribution is 2.66. The standard InChI is InChI=1S/C21H24F2N4O2/c1-13(18(28)27-11-9-20(7-8-20)10-12-27)24-19-26-25-17(29-19)16-15(21(16,22)23)14-5-3-2-4-6-14/h2-6,13,15-16H,7-12H2,1H3,(H,24,26)/t13-,15-,16-/m0/s1. The van der Waals surface area contributed by atoms with Gasteiger partial charge in [0.25, 0.3) is 5.92 Å². The van der Waals surface area contributed by atoms with E-state index in [-0.39, 0.29) is 17.8 Å². The van der Waals surface area contributed by atoms with Crippen molar-refractivity contribution < 1.29 is 18.0 Å². The van der Waals surface area contributed by atoms with Crippen molar-refractivity contribution in [2.75, 3.05) is 18.4 Å². The molecule has 1 saturated heterocycles. The third kappa shape index (κ3) is 3.28. The smallest absolute Gasteiger partial charge is 0.316 e. The number of piperidine rings is 1. The highest BCUT2D eigenvalue weighted by Gasteiger charge is 2.72. The predicted molar refractivity (Wildman–Crippen MR) is 102 cm³/mol. The Balaban J connectivity index is 1.22. The number of halogens is 2. The summed E-state index contributed by atoms with van der Waals surface area (Å²) in [4.78, 5) is 14.5. The normalized spacial score (nSPS) is 27.5. The third-order valence-corrected chi connectivity index (χ3v) is 6.72. The lowest BCUT2D eigenvalue weighted by molar-refractivity contribution is -0.133. The van der Waals surface area contributed by atoms with E-state index >= 15 is 0 Å². The Bertz CT molecular complexity index is 902. The molecule has 1 amide bonds. The number of amides is 1. The number of carbonyl (C=O) groups is 1. The molecule has 3 fully saturated rings. The maximum Gasteiger partial charge on any atom is 0.316 e. The van der Waals surface area contributed by atoms with E-state index in [1.165, 1.54) is 12.8 Å². The summed E-state index contributed by atoms with van der Waals surface area (Å²) in [7, 11) is 0. The van der Waals surface area contributed by atoms with Crippen molar-refractivity contribution >= 4 is 11.9 Å². The van der Waals surface area contributed by atoms with E-state index in [0.717, 1.165) is 25.9 Å². The number of hydrogen-bond donors (Lipinski definition) is 1. The zero-order chi connectivity index (χ0) is 20.2. The zero-order valence-corrected chi connectivity index (χ0v) is 16.3.